The molecule has 4 nitrogen and oxygen atoms in total. The predicted octanol–water partition coefficient (Wildman–Crippen LogP) is 1.96. The van der Waals surface area contributed by atoms with Crippen molar-refractivity contribution in [1.29, 1.82) is 0 Å². The molecule has 0 radical (unpaired) electrons. The average Bonchev–Trinajstić information content (AvgIpc) is 2.44. The molecule has 0 unspecified atom stereocenters. The van der Waals surface area contributed by atoms with Crippen LogP contribution in [0.3, 0.4) is 0 Å². The number of nitrogens with zero attached hydrogens (tertiary/aromatic N) is 2. The van der Waals surface area contributed by atoms with Gasteiger partial charge in [-0.2, -0.15) is 0 Å². The molecule has 1 aliphatic heterocycles. The number of hydrogen-bond donors (Lipinski definition) is 1. The lowest BCUT2D eigenvalue weighted by molar-refractivity contribution is -0.144. The molecule has 0 aromatic carbocycles. The summed E-state index contributed by atoms with van der Waals surface area (Å²) in [6.45, 7) is 9.03. The SMILES string of the molecule is CCCN(CCN(C)C)C(=O)C1(CCC)CCNCC1. The largest absolute Gasteiger partial charge is 0.341 e. The minimum absolute atomic E-state index is 0.0958. The van der Waals surface area contributed by atoms with Crippen LogP contribution in [0, 0.1) is 5.41 Å². The number of carbonyl (C=O) groups excluding carboxylic acids is 1. The normalized spacial score (nSPS) is 18.2. The quantitative estimate of drug-likeness (QED) is 0.739. The van der Waals surface area contributed by atoms with Crippen molar-refractivity contribution in [3.8, 4) is 0 Å². The van der Waals surface area contributed by atoms with E-state index in [0.29, 0.717) is 5.91 Å². The number of piperidine rings is 1. The van der Waals surface area contributed by atoms with Crippen molar-refractivity contribution in [2.24, 2.45) is 5.41 Å². The van der Waals surface area contributed by atoms with Crippen molar-refractivity contribution >= 4 is 5.91 Å². The van der Waals surface area contributed by atoms with Crippen molar-refractivity contribution in [2.45, 2.75) is 46.0 Å². The van der Waals surface area contributed by atoms with Crippen LogP contribution >= 0.6 is 0 Å². The lowest BCUT2D eigenvalue weighted by Gasteiger charge is -2.40. The molecule has 0 bridgehead atoms. The molecule has 20 heavy (non-hydrogen) atoms. The minimum atomic E-state index is -0.0958. The van der Waals surface area contributed by atoms with E-state index < -0.39 is 0 Å². The molecule has 4 heteroatoms. The molecule has 1 amide bonds. The lowest BCUT2D eigenvalue weighted by atomic mass is 9.74. The molecule has 1 fully saturated rings. The van der Waals surface area contributed by atoms with Crippen molar-refractivity contribution in [2.75, 3.05) is 46.8 Å². The van der Waals surface area contributed by atoms with E-state index in [4.69, 9.17) is 0 Å². The zero-order chi connectivity index (χ0) is 15.0. The Labute approximate surface area is 124 Å². The van der Waals surface area contributed by atoms with E-state index in [1.165, 1.54) is 0 Å². The molecule has 1 rings (SSSR count). The Balaban J connectivity index is 2.77. The van der Waals surface area contributed by atoms with Crippen molar-refractivity contribution < 1.29 is 4.79 Å². The van der Waals surface area contributed by atoms with Crippen molar-refractivity contribution in [3.05, 3.63) is 0 Å². The van der Waals surface area contributed by atoms with Crippen LogP contribution in [0.4, 0.5) is 0 Å². The van der Waals surface area contributed by atoms with E-state index in [-0.39, 0.29) is 5.41 Å². The molecule has 1 N–H and O–H groups in total. The summed E-state index contributed by atoms with van der Waals surface area (Å²) in [5, 5.41) is 3.39. The van der Waals surface area contributed by atoms with Gasteiger partial charge in [0.1, 0.15) is 0 Å². The fourth-order valence-electron chi connectivity index (χ4n) is 3.20. The first kappa shape index (κ1) is 17.4. The first-order chi connectivity index (χ1) is 9.55. The number of carbonyl (C=O) groups is 1. The van der Waals surface area contributed by atoms with Crippen LogP contribution in [-0.4, -0.2) is 62.5 Å². The molecule has 0 spiro atoms. The fraction of sp³-hybridized carbons (Fsp3) is 0.938. The second-order valence-electron chi connectivity index (χ2n) is 6.38. The molecule has 1 saturated heterocycles. The van der Waals surface area contributed by atoms with Crippen LogP contribution in [0.1, 0.15) is 46.0 Å². The third-order valence-corrected chi connectivity index (χ3v) is 4.34. The molecule has 0 aromatic rings. The summed E-state index contributed by atoms with van der Waals surface area (Å²) in [5.74, 6) is 0.407. The lowest BCUT2D eigenvalue weighted by Crippen LogP contribution is -2.50. The highest BCUT2D eigenvalue weighted by Crippen LogP contribution is 2.36. The van der Waals surface area contributed by atoms with Crippen LogP contribution in [0.15, 0.2) is 0 Å². The van der Waals surface area contributed by atoms with E-state index in [2.05, 4.69) is 43.1 Å². The summed E-state index contributed by atoms with van der Waals surface area (Å²) in [5.41, 5.74) is -0.0958. The van der Waals surface area contributed by atoms with Gasteiger partial charge in [-0.05, 0) is 52.9 Å². The van der Waals surface area contributed by atoms with Gasteiger partial charge in [0.05, 0.1) is 5.41 Å². The number of rotatable bonds is 8. The summed E-state index contributed by atoms with van der Waals surface area (Å²) in [6.07, 6.45) is 5.18. The van der Waals surface area contributed by atoms with Crippen molar-refractivity contribution in [1.82, 2.24) is 15.1 Å². The predicted molar refractivity (Wildman–Crippen MR) is 84.9 cm³/mol. The second kappa shape index (κ2) is 8.63. The molecular weight excluding hydrogens is 250 g/mol. The van der Waals surface area contributed by atoms with Gasteiger partial charge in [0.25, 0.3) is 0 Å². The van der Waals surface area contributed by atoms with E-state index in [9.17, 15) is 4.79 Å². The Morgan fingerprint density at radius 2 is 1.70 bits per heavy atom. The summed E-state index contributed by atoms with van der Waals surface area (Å²) in [4.78, 5) is 17.4. The summed E-state index contributed by atoms with van der Waals surface area (Å²) >= 11 is 0. The fourth-order valence-corrected chi connectivity index (χ4v) is 3.20. The standard InChI is InChI=1S/C16H33N3O/c1-5-7-16(8-10-17-11-9-16)15(20)19(12-6-2)14-13-18(3)4/h17H,5-14H2,1-4H3. The zero-order valence-corrected chi connectivity index (χ0v) is 13.9. The van der Waals surface area contributed by atoms with Gasteiger partial charge in [0.15, 0.2) is 0 Å². The first-order valence-electron chi connectivity index (χ1n) is 8.20. The minimum Gasteiger partial charge on any atom is -0.341 e. The zero-order valence-electron chi connectivity index (χ0n) is 13.9. The van der Waals surface area contributed by atoms with E-state index in [0.717, 1.165) is 64.8 Å². The molecule has 1 heterocycles. The van der Waals surface area contributed by atoms with Crippen LogP contribution in [0.5, 0.6) is 0 Å². The highest BCUT2D eigenvalue weighted by Gasteiger charge is 2.40. The molecule has 1 aliphatic rings. The van der Waals surface area contributed by atoms with Crippen LogP contribution in [0.25, 0.3) is 0 Å². The van der Waals surface area contributed by atoms with Crippen LogP contribution in [0.2, 0.25) is 0 Å². The molecule has 0 aromatic heterocycles. The van der Waals surface area contributed by atoms with E-state index >= 15 is 0 Å². The third kappa shape index (κ3) is 4.74. The van der Waals surface area contributed by atoms with Gasteiger partial charge in [-0.3, -0.25) is 4.79 Å². The molecular formula is C16H33N3O. The molecule has 0 aliphatic carbocycles. The number of nitrogens with one attached hydrogen (secondary N) is 1. The Bertz CT molecular complexity index is 280. The molecule has 0 atom stereocenters. The van der Waals surface area contributed by atoms with Crippen molar-refractivity contribution in [3.63, 3.8) is 0 Å². The summed E-state index contributed by atoms with van der Waals surface area (Å²) in [7, 11) is 4.14. The Morgan fingerprint density at radius 3 is 2.20 bits per heavy atom. The van der Waals surface area contributed by atoms with Crippen LogP contribution < -0.4 is 5.32 Å². The third-order valence-electron chi connectivity index (χ3n) is 4.34. The smallest absolute Gasteiger partial charge is 0.228 e. The highest BCUT2D eigenvalue weighted by molar-refractivity contribution is 5.83. The summed E-state index contributed by atoms with van der Waals surface area (Å²) in [6, 6.07) is 0. The Kier molecular flexibility index (Phi) is 7.52. The maximum atomic E-state index is 13.1. The summed E-state index contributed by atoms with van der Waals surface area (Å²) < 4.78 is 0. The van der Waals surface area contributed by atoms with E-state index in [1.54, 1.807) is 0 Å². The van der Waals surface area contributed by atoms with Gasteiger partial charge in [-0.15, -0.1) is 0 Å². The maximum absolute atomic E-state index is 13.1. The topological polar surface area (TPSA) is 35.6 Å². The number of hydrogen-bond acceptors (Lipinski definition) is 3. The average molecular weight is 283 g/mol. The van der Waals surface area contributed by atoms with E-state index in [1.807, 2.05) is 0 Å². The van der Waals surface area contributed by atoms with Gasteiger partial charge >= 0.3 is 0 Å². The Morgan fingerprint density at radius 1 is 1.05 bits per heavy atom. The number of likely N-dealkylation sites (N-methyl/N-ethyl adjacent to an activating group) is 1. The van der Waals surface area contributed by atoms with Gasteiger partial charge < -0.3 is 15.1 Å². The maximum Gasteiger partial charge on any atom is 0.228 e. The van der Waals surface area contributed by atoms with Gasteiger partial charge in [0, 0.05) is 19.6 Å². The van der Waals surface area contributed by atoms with Gasteiger partial charge in [0.2, 0.25) is 5.91 Å². The first-order valence-corrected chi connectivity index (χ1v) is 8.20. The van der Waals surface area contributed by atoms with Gasteiger partial charge in [-0.25, -0.2) is 0 Å². The Hall–Kier alpha value is -0.610. The van der Waals surface area contributed by atoms with Crippen LogP contribution in [-0.2, 0) is 4.79 Å². The molecule has 118 valence electrons. The monoisotopic (exact) mass is 283 g/mol. The number of amides is 1. The molecule has 0 saturated carbocycles. The second-order valence-corrected chi connectivity index (χ2v) is 6.38. The highest BCUT2D eigenvalue weighted by atomic mass is 16.2. The van der Waals surface area contributed by atoms with Gasteiger partial charge in [-0.1, -0.05) is 20.3 Å².